The molecule has 2 rings (SSSR count). The monoisotopic (exact) mass is 244 g/mol. The average molecular weight is 244 g/mol. The number of nitrogens with one attached hydrogen (secondary N) is 2. The molecule has 0 radical (unpaired) electrons. The Balaban J connectivity index is 1.96. The molecular weight excluding hydrogens is 228 g/mol. The molecule has 0 aliphatic heterocycles. The van der Waals surface area contributed by atoms with E-state index in [0.717, 1.165) is 11.3 Å². The standard InChI is InChI=1S/C13H16N4O/c1-14-13(18)11-5-3-10(4-6-11)7-15-12-8-16-17(2)9-12/h3-6,8-9,15H,7H2,1-2H3,(H,14,18). The van der Waals surface area contributed by atoms with Crippen LogP contribution in [-0.4, -0.2) is 22.7 Å². The zero-order valence-electron chi connectivity index (χ0n) is 10.5. The van der Waals surface area contributed by atoms with Gasteiger partial charge in [-0.1, -0.05) is 12.1 Å². The number of aromatic nitrogens is 2. The third-order valence-electron chi connectivity index (χ3n) is 2.64. The number of anilines is 1. The van der Waals surface area contributed by atoms with E-state index >= 15 is 0 Å². The van der Waals surface area contributed by atoms with Gasteiger partial charge >= 0.3 is 0 Å². The van der Waals surface area contributed by atoms with Crippen molar-refractivity contribution in [3.8, 4) is 0 Å². The Morgan fingerprint density at radius 2 is 2.06 bits per heavy atom. The van der Waals surface area contributed by atoms with Gasteiger partial charge in [-0.3, -0.25) is 9.48 Å². The molecule has 0 fully saturated rings. The molecule has 1 amide bonds. The number of nitrogens with zero attached hydrogens (tertiary/aromatic N) is 2. The lowest BCUT2D eigenvalue weighted by atomic mass is 10.1. The van der Waals surface area contributed by atoms with Gasteiger partial charge in [0.15, 0.2) is 0 Å². The van der Waals surface area contributed by atoms with E-state index in [9.17, 15) is 4.79 Å². The van der Waals surface area contributed by atoms with Crippen LogP contribution in [0, 0.1) is 0 Å². The van der Waals surface area contributed by atoms with Crippen LogP contribution in [0.5, 0.6) is 0 Å². The molecule has 1 heterocycles. The summed E-state index contributed by atoms with van der Waals surface area (Å²) in [5.74, 6) is -0.0678. The Morgan fingerprint density at radius 3 is 2.61 bits per heavy atom. The van der Waals surface area contributed by atoms with Crippen molar-refractivity contribution < 1.29 is 4.79 Å². The predicted molar refractivity (Wildman–Crippen MR) is 70.4 cm³/mol. The normalized spacial score (nSPS) is 10.1. The number of aryl methyl sites for hydroxylation is 1. The lowest BCUT2D eigenvalue weighted by Gasteiger charge is -2.05. The van der Waals surface area contributed by atoms with Gasteiger partial charge in [-0.15, -0.1) is 0 Å². The highest BCUT2D eigenvalue weighted by molar-refractivity contribution is 5.93. The maximum atomic E-state index is 11.4. The maximum Gasteiger partial charge on any atom is 0.251 e. The molecule has 1 aromatic heterocycles. The fraction of sp³-hybridized carbons (Fsp3) is 0.231. The summed E-state index contributed by atoms with van der Waals surface area (Å²) in [4.78, 5) is 11.4. The van der Waals surface area contributed by atoms with Gasteiger partial charge in [-0.05, 0) is 17.7 Å². The van der Waals surface area contributed by atoms with Crippen LogP contribution in [0.15, 0.2) is 36.7 Å². The Hall–Kier alpha value is -2.30. The Bertz CT molecular complexity index is 530. The molecule has 0 bridgehead atoms. The second-order valence-corrected chi connectivity index (χ2v) is 4.03. The van der Waals surface area contributed by atoms with Crippen LogP contribution in [0.1, 0.15) is 15.9 Å². The molecule has 0 aliphatic carbocycles. The van der Waals surface area contributed by atoms with E-state index in [1.165, 1.54) is 0 Å². The van der Waals surface area contributed by atoms with Crippen molar-refractivity contribution in [2.75, 3.05) is 12.4 Å². The third-order valence-corrected chi connectivity index (χ3v) is 2.64. The highest BCUT2D eigenvalue weighted by atomic mass is 16.1. The van der Waals surface area contributed by atoms with Gasteiger partial charge in [-0.25, -0.2) is 0 Å². The Kier molecular flexibility index (Phi) is 3.62. The molecule has 0 saturated heterocycles. The molecule has 18 heavy (non-hydrogen) atoms. The molecule has 2 N–H and O–H groups in total. The van der Waals surface area contributed by atoms with Crippen molar-refractivity contribution in [2.45, 2.75) is 6.54 Å². The topological polar surface area (TPSA) is 59.0 Å². The number of amides is 1. The van der Waals surface area contributed by atoms with Crippen molar-refractivity contribution in [2.24, 2.45) is 7.05 Å². The molecule has 1 aromatic carbocycles. The number of hydrogen-bond donors (Lipinski definition) is 2. The summed E-state index contributed by atoms with van der Waals surface area (Å²) in [5, 5.41) is 9.93. The summed E-state index contributed by atoms with van der Waals surface area (Å²) in [6.45, 7) is 0.708. The van der Waals surface area contributed by atoms with Gasteiger partial charge in [0, 0.05) is 32.4 Å². The van der Waals surface area contributed by atoms with Crippen molar-refractivity contribution in [1.29, 1.82) is 0 Å². The first-order chi connectivity index (χ1) is 8.69. The quantitative estimate of drug-likeness (QED) is 0.854. The summed E-state index contributed by atoms with van der Waals surface area (Å²) < 4.78 is 1.75. The first-order valence-electron chi connectivity index (χ1n) is 5.72. The second kappa shape index (κ2) is 5.35. The first-order valence-corrected chi connectivity index (χ1v) is 5.72. The van der Waals surface area contributed by atoms with Crippen molar-refractivity contribution in [3.05, 3.63) is 47.8 Å². The summed E-state index contributed by atoms with van der Waals surface area (Å²) in [6.07, 6.45) is 3.69. The van der Waals surface area contributed by atoms with Crippen LogP contribution < -0.4 is 10.6 Å². The van der Waals surface area contributed by atoms with Crippen molar-refractivity contribution in [1.82, 2.24) is 15.1 Å². The molecule has 2 aromatic rings. The maximum absolute atomic E-state index is 11.4. The second-order valence-electron chi connectivity index (χ2n) is 4.03. The van der Waals surface area contributed by atoms with E-state index in [-0.39, 0.29) is 5.91 Å². The lowest BCUT2D eigenvalue weighted by Crippen LogP contribution is -2.17. The van der Waals surface area contributed by atoms with Crippen LogP contribution >= 0.6 is 0 Å². The molecule has 0 unspecified atom stereocenters. The van der Waals surface area contributed by atoms with Crippen LogP contribution in [0.3, 0.4) is 0 Å². The lowest BCUT2D eigenvalue weighted by molar-refractivity contribution is 0.0963. The van der Waals surface area contributed by atoms with Crippen LogP contribution in [-0.2, 0) is 13.6 Å². The minimum atomic E-state index is -0.0678. The van der Waals surface area contributed by atoms with E-state index in [1.54, 1.807) is 17.9 Å². The SMILES string of the molecule is CNC(=O)c1ccc(CNc2cnn(C)c2)cc1. The van der Waals surface area contributed by atoms with Crippen LogP contribution in [0.25, 0.3) is 0 Å². The van der Waals surface area contributed by atoms with Crippen molar-refractivity contribution in [3.63, 3.8) is 0 Å². The molecule has 0 spiro atoms. The number of rotatable bonds is 4. The molecule has 5 heteroatoms. The summed E-state index contributed by atoms with van der Waals surface area (Å²) in [5.41, 5.74) is 2.77. The molecule has 0 saturated carbocycles. The van der Waals surface area contributed by atoms with E-state index in [1.807, 2.05) is 37.5 Å². The van der Waals surface area contributed by atoms with Crippen LogP contribution in [0.2, 0.25) is 0 Å². The average Bonchev–Trinajstić information content (AvgIpc) is 2.82. The summed E-state index contributed by atoms with van der Waals surface area (Å²) in [7, 11) is 3.50. The third kappa shape index (κ3) is 2.88. The molecule has 0 aliphatic rings. The summed E-state index contributed by atoms with van der Waals surface area (Å²) >= 11 is 0. The minimum Gasteiger partial charge on any atom is -0.378 e. The Morgan fingerprint density at radius 1 is 1.33 bits per heavy atom. The molecule has 5 nitrogen and oxygen atoms in total. The number of benzene rings is 1. The van der Waals surface area contributed by atoms with E-state index in [0.29, 0.717) is 12.1 Å². The molecular formula is C13H16N4O. The van der Waals surface area contributed by atoms with E-state index in [4.69, 9.17) is 0 Å². The summed E-state index contributed by atoms with van der Waals surface area (Å²) in [6, 6.07) is 7.51. The minimum absolute atomic E-state index is 0.0678. The molecule has 94 valence electrons. The Labute approximate surface area is 106 Å². The number of hydrogen-bond acceptors (Lipinski definition) is 3. The van der Waals surface area contributed by atoms with E-state index in [2.05, 4.69) is 15.7 Å². The number of carbonyl (C=O) groups excluding carboxylic acids is 1. The number of carbonyl (C=O) groups is 1. The zero-order chi connectivity index (χ0) is 13.0. The van der Waals surface area contributed by atoms with Gasteiger partial charge in [-0.2, -0.15) is 5.10 Å². The highest BCUT2D eigenvalue weighted by Crippen LogP contribution is 2.09. The van der Waals surface area contributed by atoms with Gasteiger partial charge in [0.1, 0.15) is 0 Å². The molecule has 0 atom stereocenters. The van der Waals surface area contributed by atoms with E-state index < -0.39 is 0 Å². The fourth-order valence-corrected chi connectivity index (χ4v) is 1.63. The van der Waals surface area contributed by atoms with Crippen molar-refractivity contribution >= 4 is 11.6 Å². The van der Waals surface area contributed by atoms with Gasteiger partial charge in [0.05, 0.1) is 11.9 Å². The largest absolute Gasteiger partial charge is 0.378 e. The first kappa shape index (κ1) is 12.2. The van der Waals surface area contributed by atoms with Gasteiger partial charge in [0.2, 0.25) is 0 Å². The highest BCUT2D eigenvalue weighted by Gasteiger charge is 2.02. The zero-order valence-corrected chi connectivity index (χ0v) is 10.5. The van der Waals surface area contributed by atoms with Gasteiger partial charge < -0.3 is 10.6 Å². The smallest absolute Gasteiger partial charge is 0.251 e. The van der Waals surface area contributed by atoms with Gasteiger partial charge in [0.25, 0.3) is 5.91 Å². The van der Waals surface area contributed by atoms with Crippen LogP contribution in [0.4, 0.5) is 5.69 Å². The fourth-order valence-electron chi connectivity index (χ4n) is 1.63. The predicted octanol–water partition coefficient (Wildman–Crippen LogP) is 1.39.